The van der Waals surface area contributed by atoms with Gasteiger partial charge in [-0.2, -0.15) is 5.26 Å². The second-order valence-corrected chi connectivity index (χ2v) is 1.70. The normalized spacial score (nSPS) is 5.50. The first-order valence-electron chi connectivity index (χ1n) is 2.26. The van der Waals surface area contributed by atoms with E-state index in [0.717, 1.165) is 30.9 Å². The van der Waals surface area contributed by atoms with Crippen LogP contribution in [-0.4, -0.2) is 4.68 Å². The van der Waals surface area contributed by atoms with Crippen LogP contribution in [0.15, 0.2) is 0 Å². The van der Waals surface area contributed by atoms with Gasteiger partial charge in [-0.15, -0.1) is 0 Å². The molecule has 0 aliphatic rings. The molecule has 0 unspecified atom stereocenters. The number of nitrogens with zero attached hydrogens (tertiary/aromatic N) is 1. The fourth-order valence-corrected chi connectivity index (χ4v) is 0.112. The van der Waals surface area contributed by atoms with Gasteiger partial charge < -0.3 is 0 Å². The van der Waals surface area contributed by atoms with Gasteiger partial charge in [0.1, 0.15) is 0 Å². The minimum atomic E-state index is 0.694. The van der Waals surface area contributed by atoms with Crippen molar-refractivity contribution in [3.63, 3.8) is 0 Å². The molecule has 0 saturated heterocycles. The van der Waals surface area contributed by atoms with Gasteiger partial charge in [0.25, 0.3) is 0 Å². The summed E-state index contributed by atoms with van der Waals surface area (Å²) in [6.45, 7) is 1.99. The molecule has 45 valence electrons. The Hall–Kier alpha value is -0.152. The van der Waals surface area contributed by atoms with Crippen LogP contribution in [0.3, 0.4) is 0 Å². The van der Waals surface area contributed by atoms with Crippen molar-refractivity contribution in [3.8, 4) is 6.07 Å². The number of rotatable bonds is 1. The van der Waals surface area contributed by atoms with Crippen LogP contribution in [0.1, 0.15) is 19.8 Å². The van der Waals surface area contributed by atoms with Crippen molar-refractivity contribution in [1.82, 2.24) is 0 Å². The molecule has 0 aromatic carbocycles. The molecule has 2 nitrogen and oxygen atoms in total. The molecule has 0 amide bonds. The summed E-state index contributed by atoms with van der Waals surface area (Å²) >= 11 is 0.991. The molecule has 0 atom stereocenters. The Morgan fingerprint density at radius 2 is 2.25 bits per heavy atom. The molecule has 0 aromatic rings. The van der Waals surface area contributed by atoms with Gasteiger partial charge in [0.05, 0.1) is 6.07 Å². The van der Waals surface area contributed by atoms with Crippen LogP contribution in [0.4, 0.5) is 0 Å². The molecule has 0 rings (SSSR count). The fraction of sp³-hybridized carbons (Fsp3) is 0.600. The van der Waals surface area contributed by atoms with Gasteiger partial charge in [-0.1, -0.05) is 6.92 Å². The van der Waals surface area contributed by atoms with Crippen molar-refractivity contribution in [3.05, 3.63) is 0 Å². The molecule has 3 heteroatoms. The maximum atomic E-state index is 8.84. The molecule has 0 fully saturated rings. The molecular formula is C5H8NOW. The summed E-state index contributed by atoms with van der Waals surface area (Å²) in [5.41, 5.74) is 0. The van der Waals surface area contributed by atoms with E-state index in [0.29, 0.717) is 6.42 Å². The average molecular weight is 282 g/mol. The fourth-order valence-electron chi connectivity index (χ4n) is 0.112. The first kappa shape index (κ1) is 10.8. The van der Waals surface area contributed by atoms with Gasteiger partial charge >= 0.3 is 29.3 Å². The van der Waals surface area contributed by atoms with E-state index in [1.165, 1.54) is 0 Å². The molecule has 8 heavy (non-hydrogen) atoms. The molecule has 0 heterocycles. The molecule has 0 aliphatic carbocycles. The predicted molar refractivity (Wildman–Crippen MR) is 27.3 cm³/mol. The molecule has 0 aromatic heterocycles. The van der Waals surface area contributed by atoms with Crippen LogP contribution in [0.25, 0.3) is 0 Å². The number of carbonyl (C=O) groups excluding carboxylic acids is 1. The van der Waals surface area contributed by atoms with Gasteiger partial charge in [0.2, 0.25) is 0 Å². The molecule has 0 bridgehead atoms. The van der Waals surface area contributed by atoms with Gasteiger partial charge in [-0.3, -0.25) is 0 Å². The summed E-state index contributed by atoms with van der Waals surface area (Å²) in [7, 11) is 0. The van der Waals surface area contributed by atoms with Gasteiger partial charge in [-0.05, 0) is 6.42 Å². The summed E-state index contributed by atoms with van der Waals surface area (Å²) in [6.07, 6.45) is 1.68. The quantitative estimate of drug-likeness (QED) is 0.674. The predicted octanol–water partition coefficient (Wildman–Crippen LogP) is 1.03. The first-order chi connectivity index (χ1) is 3.83. The van der Waals surface area contributed by atoms with E-state index in [4.69, 9.17) is 10.1 Å². The zero-order valence-electron chi connectivity index (χ0n) is 4.76. The number of hydrogen-bond acceptors (Lipinski definition) is 2. The summed E-state index contributed by atoms with van der Waals surface area (Å²) in [4.78, 5) is 8.84. The van der Waals surface area contributed by atoms with Crippen LogP contribution >= 0.6 is 0 Å². The Balaban J connectivity index is 0. The Morgan fingerprint density at radius 1 is 1.88 bits per heavy atom. The van der Waals surface area contributed by atoms with Crippen LogP contribution < -0.4 is 0 Å². The van der Waals surface area contributed by atoms with Crippen molar-refractivity contribution in [2.75, 3.05) is 0 Å². The van der Waals surface area contributed by atoms with Crippen molar-refractivity contribution in [2.24, 2.45) is 0 Å². The van der Waals surface area contributed by atoms with E-state index in [2.05, 4.69) is 0 Å². The van der Waals surface area contributed by atoms with Crippen LogP contribution in [-0.2, 0) is 24.6 Å². The Bertz CT molecular complexity index is 77.0. The van der Waals surface area contributed by atoms with Crippen molar-refractivity contribution in [1.29, 1.82) is 5.26 Å². The summed E-state index contributed by atoms with van der Waals surface area (Å²) in [5.74, 6) is 0. The van der Waals surface area contributed by atoms with Crippen molar-refractivity contribution < 1.29 is 24.6 Å². The van der Waals surface area contributed by atoms with Gasteiger partial charge in [0, 0.05) is 6.42 Å². The van der Waals surface area contributed by atoms with Crippen LogP contribution in [0.5, 0.6) is 0 Å². The van der Waals surface area contributed by atoms with E-state index in [-0.39, 0.29) is 0 Å². The molecule has 0 N–H and O–H groups in total. The molecule has 0 saturated carbocycles. The van der Waals surface area contributed by atoms with E-state index >= 15 is 0 Å². The molecular weight excluding hydrogens is 274 g/mol. The van der Waals surface area contributed by atoms with Crippen LogP contribution in [0.2, 0.25) is 0 Å². The number of unbranched alkanes of at least 4 members (excludes halogenated alkanes) is 1. The third-order valence-corrected chi connectivity index (χ3v) is 0.362. The summed E-state index contributed by atoms with van der Waals surface area (Å²) in [5, 5.41) is 7.82. The van der Waals surface area contributed by atoms with Gasteiger partial charge in [0.15, 0.2) is 0 Å². The zero-order valence-corrected chi connectivity index (χ0v) is 7.69. The second kappa shape index (κ2) is 15.8. The second-order valence-electron chi connectivity index (χ2n) is 1.00. The number of carbonyl (C=O) groups is 1. The third-order valence-electron chi connectivity index (χ3n) is 0.362. The number of hydrogen-bond donors (Lipinski definition) is 0. The monoisotopic (exact) mass is 282 g/mol. The Labute approximate surface area is 60.8 Å². The van der Waals surface area contributed by atoms with Crippen LogP contribution in [0, 0.1) is 11.3 Å². The van der Waals surface area contributed by atoms with E-state index in [1.54, 1.807) is 0 Å². The Kier molecular flexibility index (Phi) is 21.3. The summed E-state index contributed by atoms with van der Waals surface area (Å²) < 4.78 is 0.833. The van der Waals surface area contributed by atoms with E-state index < -0.39 is 0 Å². The molecule has 0 radical (unpaired) electrons. The maximum absolute atomic E-state index is 8.84. The van der Waals surface area contributed by atoms with Crippen molar-refractivity contribution >= 4 is 4.68 Å². The zero-order chi connectivity index (χ0) is 6.83. The Morgan fingerprint density at radius 3 is 2.25 bits per heavy atom. The minimum absolute atomic E-state index is 0.694. The summed E-state index contributed by atoms with van der Waals surface area (Å²) in [6, 6.07) is 2.02. The van der Waals surface area contributed by atoms with Gasteiger partial charge in [-0.25, -0.2) is 0 Å². The topological polar surface area (TPSA) is 40.9 Å². The molecule has 0 spiro atoms. The molecule has 0 aliphatic heterocycles. The van der Waals surface area contributed by atoms with E-state index in [1.807, 2.05) is 13.0 Å². The van der Waals surface area contributed by atoms with E-state index in [9.17, 15) is 0 Å². The van der Waals surface area contributed by atoms with Crippen molar-refractivity contribution in [2.45, 2.75) is 19.8 Å². The third kappa shape index (κ3) is 40.2. The first-order valence-corrected chi connectivity index (χ1v) is 3.95. The number of nitriles is 1. The standard InChI is InChI=1S/C4H7N.CHO.W/c1-2-3-4-5;1-2;/h2-3H2,1H3;1H;. The average Bonchev–Trinajstić information content (AvgIpc) is 1.71. The SMILES string of the molecule is CCCC#N.O=[CH][W].